The molecule has 2 nitrogen and oxygen atoms in total. The third kappa shape index (κ3) is 6.45. The molecule has 4 heteroatoms. The van der Waals surface area contributed by atoms with Gasteiger partial charge < -0.3 is 0 Å². The molecule has 0 amide bonds. The Balaban J connectivity index is 0.00000103. The second kappa shape index (κ2) is 12.5. The molecule has 2 aromatic carbocycles. The molecule has 0 bridgehead atoms. The van der Waals surface area contributed by atoms with E-state index in [-0.39, 0.29) is 0 Å². The van der Waals surface area contributed by atoms with Crippen molar-refractivity contribution in [1.82, 2.24) is 4.90 Å². The van der Waals surface area contributed by atoms with Crippen LogP contribution in [0.5, 0.6) is 0 Å². The van der Waals surface area contributed by atoms with Gasteiger partial charge in [0, 0.05) is 13.5 Å². The van der Waals surface area contributed by atoms with Crippen molar-refractivity contribution in [2.45, 2.75) is 95.9 Å². The zero-order valence-corrected chi connectivity index (χ0v) is 21.0. The second-order valence-corrected chi connectivity index (χ2v) is 9.86. The van der Waals surface area contributed by atoms with Crippen molar-refractivity contribution in [3.05, 3.63) is 70.8 Å². The summed E-state index contributed by atoms with van der Waals surface area (Å²) in [5.41, 5.74) is 1.33. The summed E-state index contributed by atoms with van der Waals surface area (Å²) in [6.07, 6.45) is 7.74. The minimum absolute atomic E-state index is 0.581. The van der Waals surface area contributed by atoms with E-state index in [2.05, 4.69) is 36.1 Å². The van der Waals surface area contributed by atoms with Gasteiger partial charge in [0.1, 0.15) is 11.3 Å². The summed E-state index contributed by atoms with van der Waals surface area (Å²) < 4.78 is 31.8. The van der Waals surface area contributed by atoms with E-state index in [4.69, 9.17) is 5.26 Å². The standard InChI is InChI=1S/C28H37F2N.C2H3N/c1-2-31(22-23-12-4-3-5-13-23)21-11-14-24-25(27(29)17-6-7-18-27)15-10-16-26(24)28(30)19-8-9-20-28;1-2-3/h3-5,10,12-13,15-16H,2,6-9,11,14,17-22H2,1H3;1H3. The van der Waals surface area contributed by atoms with Crippen LogP contribution >= 0.6 is 0 Å². The smallest absolute Gasteiger partial charge is 0.136 e. The number of nitrogens with zero attached hydrogens (tertiary/aromatic N) is 2. The lowest BCUT2D eigenvalue weighted by molar-refractivity contribution is 0.162. The highest BCUT2D eigenvalue weighted by atomic mass is 19.1. The first kappa shape index (κ1) is 26.4. The fraction of sp³-hybridized carbons (Fsp3) is 0.567. The van der Waals surface area contributed by atoms with Gasteiger partial charge in [0.2, 0.25) is 0 Å². The number of alkyl halides is 2. The Morgan fingerprint density at radius 2 is 1.35 bits per heavy atom. The summed E-state index contributed by atoms with van der Waals surface area (Å²) in [7, 11) is 0. The van der Waals surface area contributed by atoms with Crippen molar-refractivity contribution in [3.8, 4) is 6.07 Å². The first-order valence-electron chi connectivity index (χ1n) is 13.0. The molecule has 0 aliphatic heterocycles. The van der Waals surface area contributed by atoms with Crippen molar-refractivity contribution < 1.29 is 8.78 Å². The fourth-order valence-corrected chi connectivity index (χ4v) is 5.78. The van der Waals surface area contributed by atoms with Crippen molar-refractivity contribution >= 4 is 0 Å². The average molecular weight is 467 g/mol. The Morgan fingerprint density at radius 1 is 0.853 bits per heavy atom. The number of benzene rings is 2. The van der Waals surface area contributed by atoms with Crippen LogP contribution in [0.15, 0.2) is 48.5 Å². The lowest BCUT2D eigenvalue weighted by atomic mass is 9.80. The molecule has 0 heterocycles. The number of hydrogen-bond donors (Lipinski definition) is 0. The third-order valence-corrected chi connectivity index (χ3v) is 7.53. The van der Waals surface area contributed by atoms with Gasteiger partial charge in [-0.2, -0.15) is 5.26 Å². The van der Waals surface area contributed by atoms with Gasteiger partial charge in [-0.3, -0.25) is 4.90 Å². The maximum Gasteiger partial charge on any atom is 0.136 e. The van der Waals surface area contributed by atoms with Crippen LogP contribution in [0.1, 0.15) is 93.9 Å². The summed E-state index contributed by atoms with van der Waals surface area (Å²) in [6, 6.07) is 18.1. The molecule has 2 aliphatic carbocycles. The maximum absolute atomic E-state index is 15.9. The van der Waals surface area contributed by atoms with E-state index < -0.39 is 11.3 Å². The second-order valence-electron chi connectivity index (χ2n) is 9.86. The van der Waals surface area contributed by atoms with Crippen molar-refractivity contribution in [2.24, 2.45) is 0 Å². The van der Waals surface area contributed by atoms with E-state index in [1.165, 1.54) is 12.5 Å². The van der Waals surface area contributed by atoms with Crippen LogP contribution in [0, 0.1) is 11.3 Å². The van der Waals surface area contributed by atoms with Crippen LogP contribution in [-0.2, 0) is 24.3 Å². The van der Waals surface area contributed by atoms with Crippen LogP contribution in [0.25, 0.3) is 0 Å². The highest BCUT2D eigenvalue weighted by Gasteiger charge is 2.42. The molecule has 0 atom stereocenters. The molecule has 2 aliphatic rings. The molecule has 2 aromatic rings. The molecule has 184 valence electrons. The molecule has 0 aromatic heterocycles. The predicted octanol–water partition coefficient (Wildman–Crippen LogP) is 8.15. The summed E-state index contributed by atoms with van der Waals surface area (Å²) in [4.78, 5) is 2.43. The Hall–Kier alpha value is -2.25. The molecule has 34 heavy (non-hydrogen) atoms. The molecule has 0 radical (unpaired) electrons. The number of nitriles is 1. The molecular formula is C30H40F2N2. The lowest BCUT2D eigenvalue weighted by Crippen LogP contribution is -2.26. The summed E-state index contributed by atoms with van der Waals surface area (Å²) in [5.74, 6) is 0. The molecule has 0 N–H and O–H groups in total. The number of rotatable bonds is 9. The van der Waals surface area contributed by atoms with E-state index in [1.54, 1.807) is 6.07 Å². The minimum Gasteiger partial charge on any atom is -0.299 e. The Morgan fingerprint density at radius 3 is 1.82 bits per heavy atom. The quantitative estimate of drug-likeness (QED) is 0.373. The summed E-state index contributed by atoms with van der Waals surface area (Å²) >= 11 is 0. The molecule has 0 saturated heterocycles. The van der Waals surface area contributed by atoms with Crippen molar-refractivity contribution in [2.75, 3.05) is 13.1 Å². The van der Waals surface area contributed by atoms with Gasteiger partial charge in [-0.1, -0.05) is 55.5 Å². The summed E-state index contributed by atoms with van der Waals surface area (Å²) in [6.45, 7) is 6.46. The van der Waals surface area contributed by atoms with Gasteiger partial charge in [0.05, 0.1) is 6.07 Å². The van der Waals surface area contributed by atoms with E-state index in [0.29, 0.717) is 25.7 Å². The Labute approximate surface area is 205 Å². The maximum atomic E-state index is 15.9. The van der Waals surface area contributed by atoms with Crippen LogP contribution in [-0.4, -0.2) is 18.0 Å². The average Bonchev–Trinajstić information content (AvgIpc) is 3.49. The normalized spacial score (nSPS) is 18.4. The summed E-state index contributed by atoms with van der Waals surface area (Å²) in [5, 5.41) is 7.32. The van der Waals surface area contributed by atoms with E-state index in [0.717, 1.165) is 74.8 Å². The SMILES string of the molecule is CC#N.CCN(CCCc1c(C2(F)CCCC2)cccc1C1(F)CCCC1)Cc1ccccc1. The van der Waals surface area contributed by atoms with E-state index >= 15 is 8.78 Å². The minimum atomic E-state index is -1.27. The third-order valence-electron chi connectivity index (χ3n) is 7.53. The van der Waals surface area contributed by atoms with Gasteiger partial charge in [-0.25, -0.2) is 8.78 Å². The molecule has 2 saturated carbocycles. The Bertz CT molecular complexity index is 882. The highest BCUT2D eigenvalue weighted by Crippen LogP contribution is 2.49. The lowest BCUT2D eigenvalue weighted by Gasteiger charge is -2.30. The van der Waals surface area contributed by atoms with Crippen molar-refractivity contribution in [1.29, 1.82) is 5.26 Å². The molecular weight excluding hydrogens is 426 g/mol. The van der Waals surface area contributed by atoms with Crippen molar-refractivity contribution in [3.63, 3.8) is 0 Å². The van der Waals surface area contributed by atoms with Gasteiger partial charge in [0.25, 0.3) is 0 Å². The molecule has 4 rings (SSSR count). The zero-order chi connectivity index (χ0) is 24.4. The monoisotopic (exact) mass is 466 g/mol. The number of hydrogen-bond acceptors (Lipinski definition) is 2. The van der Waals surface area contributed by atoms with Gasteiger partial charge in [0.15, 0.2) is 0 Å². The van der Waals surface area contributed by atoms with Gasteiger partial charge >= 0.3 is 0 Å². The molecule has 2 fully saturated rings. The van der Waals surface area contributed by atoms with Crippen LogP contribution in [0.3, 0.4) is 0 Å². The van der Waals surface area contributed by atoms with Crippen LogP contribution in [0.2, 0.25) is 0 Å². The fourth-order valence-electron chi connectivity index (χ4n) is 5.78. The zero-order valence-electron chi connectivity index (χ0n) is 21.0. The predicted molar refractivity (Wildman–Crippen MR) is 136 cm³/mol. The first-order chi connectivity index (χ1) is 16.5. The molecule has 0 spiro atoms. The largest absolute Gasteiger partial charge is 0.299 e. The van der Waals surface area contributed by atoms with Crippen LogP contribution in [0.4, 0.5) is 8.78 Å². The van der Waals surface area contributed by atoms with Crippen LogP contribution < -0.4 is 0 Å². The topological polar surface area (TPSA) is 27.0 Å². The first-order valence-corrected chi connectivity index (χ1v) is 13.0. The van der Waals surface area contributed by atoms with E-state index in [1.807, 2.05) is 24.3 Å². The number of halogens is 2. The molecule has 0 unspecified atom stereocenters. The van der Waals surface area contributed by atoms with E-state index in [9.17, 15) is 0 Å². The van der Waals surface area contributed by atoms with Gasteiger partial charge in [-0.15, -0.1) is 0 Å². The van der Waals surface area contributed by atoms with Gasteiger partial charge in [-0.05, 0) is 99.6 Å². The highest BCUT2D eigenvalue weighted by molar-refractivity contribution is 5.43. The Kier molecular flexibility index (Phi) is 9.65.